The van der Waals surface area contributed by atoms with E-state index < -0.39 is 66.0 Å². The first-order valence-electron chi connectivity index (χ1n) is 19.8. The molecule has 12 heteroatoms. The maximum Gasteiger partial charge on any atom is 0.407 e. The predicted molar refractivity (Wildman–Crippen MR) is 227 cm³/mol. The van der Waals surface area contributed by atoms with Crippen molar-refractivity contribution < 1.29 is 38.2 Å². The minimum Gasteiger partial charge on any atom is -0.467 e. The largest absolute Gasteiger partial charge is 0.467 e. The van der Waals surface area contributed by atoms with Crippen LogP contribution in [0.15, 0.2) is 140 Å². The Labute approximate surface area is 350 Å². The van der Waals surface area contributed by atoms with Crippen LogP contribution in [-0.2, 0) is 38.9 Å². The van der Waals surface area contributed by atoms with Crippen molar-refractivity contribution in [3.8, 4) is 11.1 Å². The van der Waals surface area contributed by atoms with Crippen LogP contribution < -0.4 is 21.3 Å². The third-order valence-corrected chi connectivity index (χ3v) is 10.2. The predicted octanol–water partition coefficient (Wildman–Crippen LogP) is 5.98. The van der Waals surface area contributed by atoms with Gasteiger partial charge in [0.25, 0.3) is 0 Å². The van der Waals surface area contributed by atoms with Crippen molar-refractivity contribution in [2.75, 3.05) is 26.9 Å². The first-order valence-corrected chi connectivity index (χ1v) is 19.8. The van der Waals surface area contributed by atoms with Crippen molar-refractivity contribution in [1.82, 2.24) is 21.3 Å². The summed E-state index contributed by atoms with van der Waals surface area (Å²) in [6.45, 7) is 4.59. The fourth-order valence-electron chi connectivity index (χ4n) is 7.40. The zero-order chi connectivity index (χ0) is 42.7. The molecule has 5 aromatic carbocycles. The number of benzene rings is 5. The number of alkyl carbamates (subject to hydrolysis) is 1. The van der Waals surface area contributed by atoms with E-state index in [1.807, 2.05) is 140 Å². The lowest BCUT2D eigenvalue weighted by Crippen LogP contribution is -2.57. The molecule has 0 heterocycles. The molecule has 12 nitrogen and oxygen atoms in total. The van der Waals surface area contributed by atoms with Crippen molar-refractivity contribution in [2.45, 2.75) is 56.3 Å². The molecular weight excluding hydrogens is 761 g/mol. The van der Waals surface area contributed by atoms with Gasteiger partial charge in [0.15, 0.2) is 6.04 Å². The van der Waals surface area contributed by atoms with E-state index >= 15 is 0 Å². The topological polar surface area (TPSA) is 161 Å². The molecular formula is C48H50N4O8. The van der Waals surface area contributed by atoms with Gasteiger partial charge in [0.05, 0.1) is 25.7 Å². The van der Waals surface area contributed by atoms with E-state index in [9.17, 15) is 24.0 Å². The summed E-state index contributed by atoms with van der Waals surface area (Å²) in [5, 5.41) is 10.8. The molecule has 2 atom stereocenters. The van der Waals surface area contributed by atoms with E-state index in [4.69, 9.17) is 14.2 Å². The summed E-state index contributed by atoms with van der Waals surface area (Å²) in [6, 6.07) is 41.3. The van der Waals surface area contributed by atoms with Gasteiger partial charge in [0, 0.05) is 5.92 Å². The Balaban J connectivity index is 1.21. The summed E-state index contributed by atoms with van der Waals surface area (Å²) < 4.78 is 16.3. The smallest absolute Gasteiger partial charge is 0.407 e. The van der Waals surface area contributed by atoms with Crippen molar-refractivity contribution >= 4 is 29.8 Å². The molecule has 4 amide bonds. The standard InChI is InChI=1S/C48H50N4O8/c1-47(2,3)60-31-41(45(56)58-4)51-44(55)40(50-43(54)29-49-46(57)59-30-39-37-26-16-14-24-35(37)36-25-15-17-27-38(36)39)28-42(53)52-48(32-18-8-5-9-19-32,33-20-10-6-11-21-33)34-22-12-7-13-23-34/h5-27,39-41H,28-31H2,1-4H3,(H,49,57)(H,50,54)(H,51,55)(H,52,53)/t40-,41-/m0/s1. The zero-order valence-electron chi connectivity index (χ0n) is 34.1. The first-order chi connectivity index (χ1) is 28.9. The lowest BCUT2D eigenvalue weighted by molar-refractivity contribution is -0.149. The second-order valence-corrected chi connectivity index (χ2v) is 15.4. The Morgan fingerprint density at radius 3 is 1.58 bits per heavy atom. The second-order valence-electron chi connectivity index (χ2n) is 15.4. The summed E-state index contributed by atoms with van der Waals surface area (Å²) in [7, 11) is 1.18. The highest BCUT2D eigenvalue weighted by molar-refractivity contribution is 5.95. The van der Waals surface area contributed by atoms with Crippen molar-refractivity contribution in [2.24, 2.45) is 0 Å². The molecule has 0 fully saturated rings. The summed E-state index contributed by atoms with van der Waals surface area (Å²) >= 11 is 0. The molecule has 0 bridgehead atoms. The van der Waals surface area contributed by atoms with E-state index in [2.05, 4.69) is 21.3 Å². The number of fused-ring (bicyclic) bond motifs is 3. The fraction of sp³-hybridized carbons (Fsp3) is 0.271. The third-order valence-electron chi connectivity index (χ3n) is 10.2. The van der Waals surface area contributed by atoms with Gasteiger partial charge in [-0.2, -0.15) is 0 Å². The zero-order valence-corrected chi connectivity index (χ0v) is 34.1. The van der Waals surface area contributed by atoms with Crippen molar-refractivity contribution in [3.05, 3.63) is 167 Å². The SMILES string of the molecule is COC(=O)[C@H](COC(C)(C)C)NC(=O)[C@H](CC(=O)NC(c1ccccc1)(c1ccccc1)c1ccccc1)NC(=O)CNC(=O)OCC1c2ccccc2-c2ccccc21. The Morgan fingerprint density at radius 2 is 1.10 bits per heavy atom. The van der Waals surface area contributed by atoms with E-state index in [0.29, 0.717) is 0 Å². The number of carbonyl (C=O) groups is 5. The maximum atomic E-state index is 14.4. The number of esters is 1. The fourth-order valence-corrected chi connectivity index (χ4v) is 7.40. The minimum absolute atomic E-state index is 0.0320. The highest BCUT2D eigenvalue weighted by atomic mass is 16.5. The number of ether oxygens (including phenoxy) is 3. The quantitative estimate of drug-likeness (QED) is 0.0700. The number of nitrogens with one attached hydrogen (secondary N) is 4. The van der Waals surface area contributed by atoms with Gasteiger partial charge in [-0.25, -0.2) is 9.59 Å². The van der Waals surface area contributed by atoms with Crippen LogP contribution in [0.3, 0.4) is 0 Å². The lowest BCUT2D eigenvalue weighted by Gasteiger charge is -2.37. The first kappa shape index (κ1) is 42.8. The van der Waals surface area contributed by atoms with Crippen molar-refractivity contribution in [1.29, 1.82) is 0 Å². The molecule has 310 valence electrons. The number of amides is 4. The van der Waals surface area contributed by atoms with Crippen molar-refractivity contribution in [3.63, 3.8) is 0 Å². The van der Waals surface area contributed by atoms with Gasteiger partial charge >= 0.3 is 12.1 Å². The van der Waals surface area contributed by atoms with E-state index in [0.717, 1.165) is 38.9 Å². The van der Waals surface area contributed by atoms with E-state index in [1.165, 1.54) is 7.11 Å². The molecule has 1 aliphatic carbocycles. The van der Waals surface area contributed by atoms with Crippen LogP contribution in [0.5, 0.6) is 0 Å². The van der Waals surface area contributed by atoms with Gasteiger partial charge in [-0.1, -0.05) is 140 Å². The second kappa shape index (κ2) is 19.3. The Hall–Kier alpha value is -6.79. The number of rotatable bonds is 16. The Morgan fingerprint density at radius 1 is 0.617 bits per heavy atom. The van der Waals surface area contributed by atoms with Gasteiger partial charge < -0.3 is 35.5 Å². The molecule has 6 rings (SSSR count). The number of methoxy groups -OCH3 is 1. The van der Waals surface area contributed by atoms with Gasteiger partial charge in [0.1, 0.15) is 24.7 Å². The van der Waals surface area contributed by atoms with Crippen LogP contribution in [0.25, 0.3) is 11.1 Å². The Bertz CT molecular complexity index is 2140. The summed E-state index contributed by atoms with van der Waals surface area (Å²) in [5.41, 5.74) is 4.58. The molecule has 1 aliphatic rings. The average Bonchev–Trinajstić information content (AvgIpc) is 3.58. The molecule has 0 unspecified atom stereocenters. The molecule has 0 saturated heterocycles. The van der Waals surface area contributed by atoms with Crippen LogP contribution in [0.1, 0.15) is 60.9 Å². The van der Waals surface area contributed by atoms with Crippen LogP contribution in [0, 0.1) is 0 Å². The summed E-state index contributed by atoms with van der Waals surface area (Å²) in [6.07, 6.45) is -1.39. The molecule has 60 heavy (non-hydrogen) atoms. The molecule has 0 saturated carbocycles. The summed E-state index contributed by atoms with van der Waals surface area (Å²) in [5.74, 6) is -3.20. The molecule has 4 N–H and O–H groups in total. The monoisotopic (exact) mass is 810 g/mol. The minimum atomic E-state index is -1.51. The Kier molecular flexibility index (Phi) is 13.8. The van der Waals surface area contributed by atoms with Crippen LogP contribution in [-0.4, -0.2) is 74.3 Å². The normalized spacial score (nSPS) is 13.1. The highest BCUT2D eigenvalue weighted by Gasteiger charge is 2.39. The van der Waals surface area contributed by atoms with Gasteiger partial charge in [-0.3, -0.25) is 14.4 Å². The van der Waals surface area contributed by atoms with Gasteiger partial charge in [-0.15, -0.1) is 0 Å². The van der Waals surface area contributed by atoms with Crippen LogP contribution >= 0.6 is 0 Å². The molecule has 0 aromatic heterocycles. The van der Waals surface area contributed by atoms with Crippen LogP contribution in [0.4, 0.5) is 4.79 Å². The maximum absolute atomic E-state index is 14.4. The molecule has 0 spiro atoms. The van der Waals surface area contributed by atoms with E-state index in [1.54, 1.807) is 20.8 Å². The van der Waals surface area contributed by atoms with E-state index in [-0.39, 0.29) is 19.1 Å². The van der Waals surface area contributed by atoms with Gasteiger partial charge in [0.2, 0.25) is 17.7 Å². The highest BCUT2D eigenvalue weighted by Crippen LogP contribution is 2.44. The van der Waals surface area contributed by atoms with Gasteiger partial charge in [-0.05, 0) is 59.7 Å². The number of hydrogen-bond donors (Lipinski definition) is 4. The average molecular weight is 811 g/mol. The summed E-state index contributed by atoms with van der Waals surface area (Å²) in [4.78, 5) is 67.8. The number of carbonyl (C=O) groups excluding carboxylic acids is 5. The lowest BCUT2D eigenvalue weighted by atomic mass is 9.77. The molecule has 0 radical (unpaired) electrons. The van der Waals surface area contributed by atoms with Crippen LogP contribution in [0.2, 0.25) is 0 Å². The molecule has 5 aromatic rings. The number of hydrogen-bond acceptors (Lipinski definition) is 8. The molecule has 0 aliphatic heterocycles. The third kappa shape index (κ3) is 10.3.